The van der Waals surface area contributed by atoms with E-state index in [9.17, 15) is 4.79 Å². The van der Waals surface area contributed by atoms with Crippen LogP contribution in [0, 0.1) is 0 Å². The van der Waals surface area contributed by atoms with Crippen molar-refractivity contribution in [3.05, 3.63) is 12.2 Å². The second kappa shape index (κ2) is 5.40. The first-order chi connectivity index (χ1) is 9.64. The standard InChI is InChI=1S/C16H26N2O2/c1-3-16-7-6-14(18(16)11-13(2)10-16)12-20-15(19)17-8-4-5-9-17/h14H,2-12H2,1H3/t14-,16-/m0/s1. The summed E-state index contributed by atoms with van der Waals surface area (Å²) >= 11 is 0. The van der Waals surface area contributed by atoms with Crippen molar-refractivity contribution in [2.24, 2.45) is 0 Å². The molecular weight excluding hydrogens is 252 g/mol. The van der Waals surface area contributed by atoms with Crippen molar-refractivity contribution in [2.45, 2.75) is 57.0 Å². The van der Waals surface area contributed by atoms with Crippen molar-refractivity contribution in [3.8, 4) is 0 Å². The Kier molecular flexibility index (Phi) is 3.76. The molecule has 0 aromatic carbocycles. The van der Waals surface area contributed by atoms with Gasteiger partial charge in [-0.25, -0.2) is 4.79 Å². The average Bonchev–Trinajstić information content (AvgIpc) is 3.11. The zero-order chi connectivity index (χ0) is 14.2. The summed E-state index contributed by atoms with van der Waals surface area (Å²) in [7, 11) is 0. The van der Waals surface area contributed by atoms with Crippen LogP contribution >= 0.6 is 0 Å². The van der Waals surface area contributed by atoms with Crippen LogP contribution < -0.4 is 0 Å². The molecule has 20 heavy (non-hydrogen) atoms. The molecular formula is C16H26N2O2. The maximum atomic E-state index is 12.0. The Bertz CT molecular complexity index is 403. The van der Waals surface area contributed by atoms with Crippen LogP contribution in [0.1, 0.15) is 45.4 Å². The van der Waals surface area contributed by atoms with Crippen molar-refractivity contribution in [1.29, 1.82) is 0 Å². The third-order valence-corrected chi connectivity index (χ3v) is 5.39. The highest BCUT2D eigenvalue weighted by molar-refractivity contribution is 5.67. The van der Waals surface area contributed by atoms with E-state index >= 15 is 0 Å². The summed E-state index contributed by atoms with van der Waals surface area (Å²) in [6.45, 7) is 9.69. The minimum Gasteiger partial charge on any atom is -0.448 e. The molecule has 0 saturated carbocycles. The quantitative estimate of drug-likeness (QED) is 0.744. The zero-order valence-electron chi connectivity index (χ0n) is 12.6. The van der Waals surface area contributed by atoms with E-state index in [1.54, 1.807) is 0 Å². The number of nitrogens with zero attached hydrogens (tertiary/aromatic N) is 2. The molecule has 0 radical (unpaired) electrons. The van der Waals surface area contributed by atoms with Crippen molar-refractivity contribution in [1.82, 2.24) is 9.80 Å². The van der Waals surface area contributed by atoms with Gasteiger partial charge in [0.05, 0.1) is 0 Å². The molecule has 0 unspecified atom stereocenters. The SMILES string of the molecule is C=C1CN2[C@H](COC(=O)N3CCCC3)CC[C@@]2(CC)C1. The summed E-state index contributed by atoms with van der Waals surface area (Å²) in [4.78, 5) is 16.4. The predicted molar refractivity (Wildman–Crippen MR) is 78.7 cm³/mol. The largest absolute Gasteiger partial charge is 0.448 e. The molecule has 0 bridgehead atoms. The van der Waals surface area contributed by atoms with Crippen molar-refractivity contribution >= 4 is 6.09 Å². The van der Waals surface area contributed by atoms with Crippen LogP contribution in [0.15, 0.2) is 12.2 Å². The van der Waals surface area contributed by atoms with Gasteiger partial charge in [-0.15, -0.1) is 0 Å². The van der Waals surface area contributed by atoms with E-state index in [0.717, 1.165) is 45.3 Å². The van der Waals surface area contributed by atoms with Crippen molar-refractivity contribution < 1.29 is 9.53 Å². The van der Waals surface area contributed by atoms with Gasteiger partial charge in [0.2, 0.25) is 0 Å². The first-order valence-electron chi connectivity index (χ1n) is 8.00. The molecule has 0 aromatic rings. The lowest BCUT2D eigenvalue weighted by atomic mass is 9.90. The molecule has 112 valence electrons. The summed E-state index contributed by atoms with van der Waals surface area (Å²) in [5.41, 5.74) is 1.64. The van der Waals surface area contributed by atoms with Gasteiger partial charge in [0.1, 0.15) is 6.61 Å². The number of hydrogen-bond acceptors (Lipinski definition) is 3. The molecule has 0 aliphatic carbocycles. The first kappa shape index (κ1) is 13.9. The molecule has 3 fully saturated rings. The Labute approximate surface area is 121 Å². The predicted octanol–water partition coefficient (Wildman–Crippen LogP) is 2.79. The lowest BCUT2D eigenvalue weighted by Gasteiger charge is -2.33. The number of hydrogen-bond donors (Lipinski definition) is 0. The summed E-state index contributed by atoms with van der Waals surface area (Å²) in [6.07, 6.45) is 6.77. The minimum absolute atomic E-state index is 0.116. The van der Waals surface area contributed by atoms with Gasteiger partial charge in [0.15, 0.2) is 0 Å². The number of ether oxygens (including phenoxy) is 1. The van der Waals surface area contributed by atoms with Crippen LogP contribution in [-0.2, 0) is 4.74 Å². The molecule has 2 atom stereocenters. The van der Waals surface area contributed by atoms with E-state index in [4.69, 9.17) is 4.74 Å². The van der Waals surface area contributed by atoms with Gasteiger partial charge in [-0.2, -0.15) is 0 Å². The number of fused-ring (bicyclic) bond motifs is 1. The van der Waals surface area contributed by atoms with Crippen LogP contribution in [0.25, 0.3) is 0 Å². The summed E-state index contributed by atoms with van der Waals surface area (Å²) in [5.74, 6) is 0. The molecule has 1 amide bonds. The molecule has 0 aromatic heterocycles. The zero-order valence-corrected chi connectivity index (χ0v) is 12.6. The highest BCUT2D eigenvalue weighted by Gasteiger charge is 2.49. The van der Waals surface area contributed by atoms with Gasteiger partial charge in [-0.3, -0.25) is 4.90 Å². The molecule has 0 N–H and O–H groups in total. The second-order valence-electron chi connectivity index (χ2n) is 6.60. The molecule has 4 heteroatoms. The van der Waals surface area contributed by atoms with Crippen molar-refractivity contribution in [3.63, 3.8) is 0 Å². The first-order valence-corrected chi connectivity index (χ1v) is 8.00. The third kappa shape index (κ3) is 2.34. The molecule has 0 spiro atoms. The Morgan fingerprint density at radius 1 is 1.45 bits per heavy atom. The topological polar surface area (TPSA) is 32.8 Å². The lowest BCUT2D eigenvalue weighted by Crippen LogP contribution is -2.44. The lowest BCUT2D eigenvalue weighted by molar-refractivity contribution is 0.0644. The maximum Gasteiger partial charge on any atom is 0.409 e. The number of rotatable bonds is 3. The van der Waals surface area contributed by atoms with Gasteiger partial charge >= 0.3 is 6.09 Å². The highest BCUT2D eigenvalue weighted by Crippen LogP contribution is 2.46. The Morgan fingerprint density at radius 2 is 2.20 bits per heavy atom. The van der Waals surface area contributed by atoms with E-state index in [-0.39, 0.29) is 6.09 Å². The van der Waals surface area contributed by atoms with E-state index in [1.807, 2.05) is 4.90 Å². The average molecular weight is 278 g/mol. The number of amides is 1. The van der Waals surface area contributed by atoms with Crippen LogP contribution in [0.3, 0.4) is 0 Å². The Balaban J connectivity index is 1.56. The van der Waals surface area contributed by atoms with Crippen LogP contribution in [-0.4, -0.2) is 53.7 Å². The molecule has 3 aliphatic rings. The molecule has 3 rings (SSSR count). The summed E-state index contributed by atoms with van der Waals surface area (Å²) < 4.78 is 5.56. The Hall–Kier alpha value is -1.03. The number of carbonyl (C=O) groups excluding carboxylic acids is 1. The van der Waals surface area contributed by atoms with Gasteiger partial charge in [-0.05, 0) is 38.5 Å². The van der Waals surface area contributed by atoms with E-state index in [2.05, 4.69) is 18.4 Å². The number of carbonyl (C=O) groups is 1. The molecule has 3 heterocycles. The minimum atomic E-state index is -0.116. The van der Waals surface area contributed by atoms with E-state index in [1.165, 1.54) is 18.4 Å². The van der Waals surface area contributed by atoms with Gasteiger partial charge in [0, 0.05) is 31.2 Å². The highest BCUT2D eigenvalue weighted by atomic mass is 16.6. The summed E-state index contributed by atoms with van der Waals surface area (Å²) in [5, 5.41) is 0. The monoisotopic (exact) mass is 278 g/mol. The fourth-order valence-electron chi connectivity index (χ4n) is 4.21. The Morgan fingerprint density at radius 3 is 2.90 bits per heavy atom. The fraction of sp³-hybridized carbons (Fsp3) is 0.812. The smallest absolute Gasteiger partial charge is 0.409 e. The van der Waals surface area contributed by atoms with Gasteiger partial charge < -0.3 is 9.64 Å². The van der Waals surface area contributed by atoms with E-state index < -0.39 is 0 Å². The van der Waals surface area contributed by atoms with E-state index in [0.29, 0.717) is 18.2 Å². The normalized spacial score (nSPS) is 33.8. The van der Waals surface area contributed by atoms with Gasteiger partial charge in [-0.1, -0.05) is 19.1 Å². The fourth-order valence-corrected chi connectivity index (χ4v) is 4.21. The summed E-state index contributed by atoms with van der Waals surface area (Å²) in [6, 6.07) is 0.390. The van der Waals surface area contributed by atoms with Crippen LogP contribution in [0.5, 0.6) is 0 Å². The van der Waals surface area contributed by atoms with Crippen LogP contribution in [0.4, 0.5) is 4.79 Å². The second-order valence-corrected chi connectivity index (χ2v) is 6.60. The molecule has 3 aliphatic heterocycles. The molecule has 4 nitrogen and oxygen atoms in total. The van der Waals surface area contributed by atoms with Crippen molar-refractivity contribution in [2.75, 3.05) is 26.2 Å². The maximum absolute atomic E-state index is 12.0. The number of likely N-dealkylation sites (tertiary alicyclic amines) is 1. The third-order valence-electron chi connectivity index (χ3n) is 5.39. The van der Waals surface area contributed by atoms with Crippen LogP contribution in [0.2, 0.25) is 0 Å². The van der Waals surface area contributed by atoms with Gasteiger partial charge in [0.25, 0.3) is 0 Å². The molecule has 3 saturated heterocycles.